The van der Waals surface area contributed by atoms with Crippen molar-refractivity contribution in [3.05, 3.63) is 0 Å². The summed E-state index contributed by atoms with van der Waals surface area (Å²) in [7, 11) is 0. The first-order chi connectivity index (χ1) is 22.6. The molecule has 0 aromatic rings. The van der Waals surface area contributed by atoms with Gasteiger partial charge in [-0.3, -0.25) is 9.59 Å². The molecule has 10 N–H and O–H groups in total. The molecule has 3 aliphatic heterocycles. The lowest BCUT2D eigenvalue weighted by Crippen LogP contribution is -2.69. The van der Waals surface area contributed by atoms with Crippen molar-refractivity contribution in [1.29, 1.82) is 0 Å². The highest BCUT2D eigenvalue weighted by molar-refractivity contribution is 5.73. The summed E-state index contributed by atoms with van der Waals surface area (Å²) >= 11 is 0. The highest BCUT2D eigenvalue weighted by Gasteiger charge is 2.56. The van der Waals surface area contributed by atoms with Gasteiger partial charge in [-0.05, 0) is 19.8 Å². The summed E-state index contributed by atoms with van der Waals surface area (Å²) in [5.74, 6) is -2.93. The Labute approximate surface area is 279 Å². The van der Waals surface area contributed by atoms with Crippen molar-refractivity contribution in [2.24, 2.45) is 0 Å². The van der Waals surface area contributed by atoms with Gasteiger partial charge in [0.25, 0.3) is 0 Å². The van der Waals surface area contributed by atoms with Gasteiger partial charge in [-0.15, -0.1) is 0 Å². The normalized spacial score (nSPS) is 41.7. The van der Waals surface area contributed by atoms with Gasteiger partial charge in [0.15, 0.2) is 18.4 Å². The van der Waals surface area contributed by atoms with Crippen molar-refractivity contribution in [2.45, 2.75) is 158 Å². The molecule has 2 amide bonds. The summed E-state index contributed by atoms with van der Waals surface area (Å²) in [6.45, 7) is 6.10. The Balaban J connectivity index is 1.91. The maximum absolute atomic E-state index is 12.2. The van der Waals surface area contributed by atoms with Crippen molar-refractivity contribution >= 4 is 11.8 Å². The molecule has 18 heteroatoms. The van der Waals surface area contributed by atoms with Gasteiger partial charge < -0.3 is 79.9 Å². The molecule has 0 bridgehead atoms. The van der Waals surface area contributed by atoms with Gasteiger partial charge in [0.05, 0.1) is 31.5 Å². The molecule has 3 aliphatic rings. The van der Waals surface area contributed by atoms with E-state index < -0.39 is 123 Å². The summed E-state index contributed by atoms with van der Waals surface area (Å²) in [4.78, 5) is 24.1. The van der Waals surface area contributed by atoms with E-state index in [0.717, 1.165) is 6.42 Å². The molecule has 5 unspecified atom stereocenters. The minimum atomic E-state index is -1.86. The standard InChI is InChI=1S/C30H54N2O16/c1-6-8-9-43-28-20(32-14(4)36)25(22(40)17(11-33)44-28)46-29-24(42)27(23(41)18(12-34)45-29)48-30(5)10-16(38)19(31-13(3)35)26(47-30)21(39)15(37)7-2/h15-29,33-34,37-42H,6-12H2,1-5H3,(H,31,35)(H,32,36)/t15-,16-,17?,18?,19-,20?,21-,22-,23+,24?,25-,26?,27+,28-,29+,30-/m1/s1. The summed E-state index contributed by atoms with van der Waals surface area (Å²) in [5.41, 5.74) is 0. The van der Waals surface area contributed by atoms with E-state index in [1.807, 2.05) is 6.92 Å². The summed E-state index contributed by atoms with van der Waals surface area (Å²) in [6, 6.07) is -2.33. The molecule has 48 heavy (non-hydrogen) atoms. The number of hydrogen-bond acceptors (Lipinski definition) is 16. The number of carbonyl (C=O) groups is 2. The molecule has 3 fully saturated rings. The largest absolute Gasteiger partial charge is 0.394 e. The molecule has 280 valence electrons. The van der Waals surface area contributed by atoms with Crippen LogP contribution in [0.25, 0.3) is 0 Å². The smallest absolute Gasteiger partial charge is 0.217 e. The lowest BCUT2D eigenvalue weighted by molar-refractivity contribution is -0.384. The zero-order valence-corrected chi connectivity index (χ0v) is 28.0. The molecule has 3 heterocycles. The zero-order valence-electron chi connectivity index (χ0n) is 28.0. The van der Waals surface area contributed by atoms with Crippen LogP contribution >= 0.6 is 0 Å². The van der Waals surface area contributed by atoms with Crippen LogP contribution in [-0.4, -0.2) is 170 Å². The van der Waals surface area contributed by atoms with E-state index >= 15 is 0 Å². The summed E-state index contributed by atoms with van der Waals surface area (Å²) in [6.07, 6.45) is -18.3. The Hall–Kier alpha value is -1.62. The number of aliphatic hydroxyl groups is 8. The molecule has 0 aromatic carbocycles. The topological polar surface area (TPSA) is 275 Å². The van der Waals surface area contributed by atoms with Gasteiger partial charge in [0.1, 0.15) is 61.0 Å². The van der Waals surface area contributed by atoms with Gasteiger partial charge >= 0.3 is 0 Å². The summed E-state index contributed by atoms with van der Waals surface area (Å²) in [5, 5.41) is 91.1. The van der Waals surface area contributed by atoms with Crippen LogP contribution in [0.1, 0.15) is 60.3 Å². The lowest BCUT2D eigenvalue weighted by atomic mass is 9.88. The third-order valence-corrected chi connectivity index (χ3v) is 8.75. The second kappa shape index (κ2) is 18.0. The Morgan fingerprint density at radius 2 is 1.44 bits per heavy atom. The van der Waals surface area contributed by atoms with E-state index in [1.54, 1.807) is 6.92 Å². The second-order valence-corrected chi connectivity index (χ2v) is 12.7. The SMILES string of the molecule is CCCCO[C@@H]1OC(CO)[C@@H](O)[C@H](O[C@@H]2OC(CO)[C@H](O)[C@H](O[C@]3(C)C[C@@H](O)[C@@H](NC(C)=O)C([C@H](O)[C@H](O)CC)O3)C2O)C1NC(C)=O. The van der Waals surface area contributed by atoms with Crippen molar-refractivity contribution in [2.75, 3.05) is 19.8 Å². The van der Waals surface area contributed by atoms with Gasteiger partial charge in [-0.1, -0.05) is 20.3 Å². The van der Waals surface area contributed by atoms with Gasteiger partial charge in [0.2, 0.25) is 11.8 Å². The third-order valence-electron chi connectivity index (χ3n) is 8.75. The van der Waals surface area contributed by atoms with Crippen LogP contribution in [0.5, 0.6) is 0 Å². The van der Waals surface area contributed by atoms with E-state index in [-0.39, 0.29) is 19.4 Å². The number of amides is 2. The molecular formula is C30H54N2O16. The van der Waals surface area contributed by atoms with Crippen LogP contribution in [0.2, 0.25) is 0 Å². The molecule has 3 saturated heterocycles. The van der Waals surface area contributed by atoms with Crippen molar-refractivity contribution < 1.29 is 78.9 Å². The van der Waals surface area contributed by atoms with Crippen LogP contribution in [0, 0.1) is 0 Å². The van der Waals surface area contributed by atoms with Crippen molar-refractivity contribution in [3.63, 3.8) is 0 Å². The Bertz CT molecular complexity index is 1030. The van der Waals surface area contributed by atoms with E-state index in [2.05, 4.69) is 10.6 Å². The minimum absolute atomic E-state index is 0.106. The molecule has 16 atom stereocenters. The van der Waals surface area contributed by atoms with Crippen LogP contribution in [-0.2, 0) is 38.0 Å². The monoisotopic (exact) mass is 698 g/mol. The van der Waals surface area contributed by atoms with Crippen LogP contribution in [0.15, 0.2) is 0 Å². The van der Waals surface area contributed by atoms with Crippen LogP contribution in [0.4, 0.5) is 0 Å². The number of carbonyl (C=O) groups excluding carboxylic acids is 2. The van der Waals surface area contributed by atoms with Gasteiger partial charge in [-0.2, -0.15) is 0 Å². The van der Waals surface area contributed by atoms with E-state index in [1.165, 1.54) is 20.8 Å². The fourth-order valence-electron chi connectivity index (χ4n) is 6.22. The third kappa shape index (κ3) is 9.79. The fraction of sp³-hybridized carbons (Fsp3) is 0.933. The molecule has 0 aliphatic carbocycles. The van der Waals surface area contributed by atoms with Crippen molar-refractivity contribution in [1.82, 2.24) is 10.6 Å². The second-order valence-electron chi connectivity index (χ2n) is 12.7. The number of ether oxygens (including phenoxy) is 6. The maximum Gasteiger partial charge on any atom is 0.217 e. The molecule has 0 aromatic heterocycles. The predicted octanol–water partition coefficient (Wildman–Crippen LogP) is -3.90. The van der Waals surface area contributed by atoms with Crippen molar-refractivity contribution in [3.8, 4) is 0 Å². The first kappa shape index (κ1) is 40.8. The molecule has 3 rings (SSSR count). The number of unbranched alkanes of at least 4 members (excludes halogenated alkanes) is 1. The average molecular weight is 699 g/mol. The lowest BCUT2D eigenvalue weighted by Gasteiger charge is -2.51. The van der Waals surface area contributed by atoms with E-state index in [9.17, 15) is 50.4 Å². The highest BCUT2D eigenvalue weighted by Crippen LogP contribution is 2.38. The molecule has 0 radical (unpaired) electrons. The van der Waals surface area contributed by atoms with Crippen LogP contribution < -0.4 is 10.6 Å². The molecule has 18 nitrogen and oxygen atoms in total. The van der Waals surface area contributed by atoms with Gasteiger partial charge in [-0.25, -0.2) is 0 Å². The zero-order chi connectivity index (χ0) is 35.9. The molecular weight excluding hydrogens is 644 g/mol. The fourth-order valence-corrected chi connectivity index (χ4v) is 6.22. The highest BCUT2D eigenvalue weighted by atomic mass is 16.7. The minimum Gasteiger partial charge on any atom is -0.394 e. The number of aliphatic hydroxyl groups excluding tert-OH is 8. The van der Waals surface area contributed by atoms with E-state index in [0.29, 0.717) is 6.42 Å². The number of rotatable bonds is 15. The Morgan fingerprint density at radius 1 is 0.875 bits per heavy atom. The first-order valence-electron chi connectivity index (χ1n) is 16.4. The van der Waals surface area contributed by atoms with Crippen LogP contribution in [0.3, 0.4) is 0 Å². The molecule has 0 saturated carbocycles. The molecule has 0 spiro atoms. The van der Waals surface area contributed by atoms with E-state index in [4.69, 9.17) is 28.4 Å². The Morgan fingerprint density at radius 3 is 1.98 bits per heavy atom. The average Bonchev–Trinajstić information content (AvgIpc) is 3.03. The number of hydrogen-bond donors (Lipinski definition) is 10. The Kier molecular flexibility index (Phi) is 15.3. The first-order valence-corrected chi connectivity index (χ1v) is 16.4. The quantitative estimate of drug-likeness (QED) is 0.0732. The predicted molar refractivity (Wildman–Crippen MR) is 162 cm³/mol. The maximum atomic E-state index is 12.2. The summed E-state index contributed by atoms with van der Waals surface area (Å²) < 4.78 is 35.4. The number of nitrogens with one attached hydrogen (secondary N) is 2. The van der Waals surface area contributed by atoms with Gasteiger partial charge in [0, 0.05) is 26.9 Å².